The van der Waals surface area contributed by atoms with Gasteiger partial charge in [-0.15, -0.1) is 0 Å². The Hall–Kier alpha value is -0.290. The first-order valence-electron chi connectivity index (χ1n) is 5.99. The molecule has 1 unspecified atom stereocenters. The van der Waals surface area contributed by atoms with E-state index >= 15 is 0 Å². The number of ketones is 1. The van der Waals surface area contributed by atoms with Gasteiger partial charge in [-0.25, -0.2) is 0 Å². The second-order valence-electron chi connectivity index (χ2n) is 4.31. The molecule has 0 spiro atoms. The summed E-state index contributed by atoms with van der Waals surface area (Å²) in [6.45, 7) is 4.83. The van der Waals surface area contributed by atoms with E-state index in [0.29, 0.717) is 12.2 Å². The van der Waals surface area contributed by atoms with Crippen molar-refractivity contribution in [3.8, 4) is 0 Å². The molecular weight excluding hydrogens is 300 g/mol. The normalized spacial score (nSPS) is 19.8. The molecule has 2 heterocycles. The Labute approximate surface area is 114 Å². The molecule has 1 saturated heterocycles. The molecular formula is C12H17BrN2OS. The van der Waals surface area contributed by atoms with E-state index in [1.54, 1.807) is 11.8 Å². The van der Waals surface area contributed by atoms with E-state index in [0.717, 1.165) is 34.6 Å². The first-order chi connectivity index (χ1) is 8.13. The summed E-state index contributed by atoms with van der Waals surface area (Å²) in [4.78, 5) is 12.2. The van der Waals surface area contributed by atoms with Gasteiger partial charge in [0.2, 0.25) is 0 Å². The van der Waals surface area contributed by atoms with Crippen LogP contribution in [0.25, 0.3) is 0 Å². The largest absolute Gasteiger partial charge is 0.298 e. The summed E-state index contributed by atoms with van der Waals surface area (Å²) in [6, 6.07) is 0. The summed E-state index contributed by atoms with van der Waals surface area (Å²) in [6.07, 6.45) is 2.72. The molecule has 0 aliphatic carbocycles. The fourth-order valence-corrected chi connectivity index (χ4v) is 3.79. The van der Waals surface area contributed by atoms with Crippen LogP contribution in [0.1, 0.15) is 31.2 Å². The number of thioether (sulfide) groups is 1. The quantitative estimate of drug-likeness (QED) is 0.856. The topological polar surface area (TPSA) is 34.9 Å². The number of aryl methyl sites for hydroxylation is 2. The highest BCUT2D eigenvalue weighted by molar-refractivity contribution is 9.10. The summed E-state index contributed by atoms with van der Waals surface area (Å²) in [5.41, 5.74) is 2.00. The lowest BCUT2D eigenvalue weighted by atomic mass is 10.1. The molecule has 1 aliphatic heterocycles. The molecule has 0 amide bonds. The maximum Gasteiger partial charge on any atom is 0.151 e. The molecule has 5 heteroatoms. The lowest BCUT2D eigenvalue weighted by Gasteiger charge is -2.09. The molecule has 1 atom stereocenters. The monoisotopic (exact) mass is 316 g/mol. The van der Waals surface area contributed by atoms with Crippen LogP contribution in [0.2, 0.25) is 0 Å². The van der Waals surface area contributed by atoms with Gasteiger partial charge >= 0.3 is 0 Å². The van der Waals surface area contributed by atoms with E-state index in [-0.39, 0.29) is 5.25 Å². The third-order valence-corrected chi connectivity index (χ3v) is 5.54. The average molecular weight is 317 g/mol. The zero-order valence-electron chi connectivity index (χ0n) is 10.2. The summed E-state index contributed by atoms with van der Waals surface area (Å²) >= 11 is 5.34. The molecule has 0 aromatic carbocycles. The highest BCUT2D eigenvalue weighted by Crippen LogP contribution is 2.29. The van der Waals surface area contributed by atoms with Gasteiger partial charge in [0.05, 0.1) is 27.5 Å². The molecule has 0 N–H and O–H groups in total. The van der Waals surface area contributed by atoms with Gasteiger partial charge in [0.25, 0.3) is 0 Å². The van der Waals surface area contributed by atoms with Crippen molar-refractivity contribution in [2.24, 2.45) is 0 Å². The van der Waals surface area contributed by atoms with Crippen molar-refractivity contribution in [2.45, 2.75) is 44.9 Å². The van der Waals surface area contributed by atoms with Gasteiger partial charge in [-0.3, -0.25) is 9.48 Å². The minimum Gasteiger partial charge on any atom is -0.298 e. The van der Waals surface area contributed by atoms with Crippen molar-refractivity contribution in [1.82, 2.24) is 9.78 Å². The van der Waals surface area contributed by atoms with Crippen LogP contribution in [-0.2, 0) is 17.8 Å². The smallest absolute Gasteiger partial charge is 0.151 e. The predicted octanol–water partition coefficient (Wildman–Crippen LogP) is 2.98. The lowest BCUT2D eigenvalue weighted by molar-refractivity contribution is -0.118. The van der Waals surface area contributed by atoms with Gasteiger partial charge in [-0.2, -0.15) is 16.9 Å². The Morgan fingerprint density at radius 3 is 3.00 bits per heavy atom. The van der Waals surface area contributed by atoms with E-state index in [9.17, 15) is 4.79 Å². The number of hydrogen-bond donors (Lipinski definition) is 0. The second-order valence-corrected chi connectivity index (χ2v) is 6.41. The predicted molar refractivity (Wildman–Crippen MR) is 74.5 cm³/mol. The zero-order chi connectivity index (χ0) is 12.4. The zero-order valence-corrected chi connectivity index (χ0v) is 12.6. The number of carbonyl (C=O) groups excluding carboxylic acids is 1. The van der Waals surface area contributed by atoms with Crippen molar-refractivity contribution in [1.29, 1.82) is 0 Å². The third-order valence-electron chi connectivity index (χ3n) is 3.08. The van der Waals surface area contributed by atoms with Crippen molar-refractivity contribution in [3.05, 3.63) is 15.9 Å². The standard InChI is InChI=1S/C12H17BrN2OS/c1-3-15-9(12(13)8(2)14-15)7-10(16)11-5-4-6-17-11/h11H,3-7H2,1-2H3. The SMILES string of the molecule is CCn1nc(C)c(Br)c1CC(=O)C1CCCS1. The first kappa shape index (κ1) is 13.1. The first-order valence-corrected chi connectivity index (χ1v) is 7.83. The number of rotatable bonds is 4. The molecule has 0 radical (unpaired) electrons. The van der Waals surface area contributed by atoms with Crippen LogP contribution < -0.4 is 0 Å². The van der Waals surface area contributed by atoms with Gasteiger partial charge in [0.1, 0.15) is 0 Å². The fraction of sp³-hybridized carbons (Fsp3) is 0.667. The highest BCUT2D eigenvalue weighted by atomic mass is 79.9. The molecule has 94 valence electrons. The Morgan fingerprint density at radius 2 is 2.41 bits per heavy atom. The van der Waals surface area contributed by atoms with E-state index in [1.807, 2.05) is 11.6 Å². The maximum absolute atomic E-state index is 12.2. The number of Topliss-reactive ketones (excluding diaryl/α,β-unsaturated/α-hetero) is 1. The summed E-state index contributed by atoms with van der Waals surface area (Å²) in [7, 11) is 0. The maximum atomic E-state index is 12.2. The van der Waals surface area contributed by atoms with Crippen molar-refractivity contribution in [2.75, 3.05) is 5.75 Å². The molecule has 1 aromatic rings. The number of nitrogens with zero attached hydrogens (tertiary/aromatic N) is 2. The van der Waals surface area contributed by atoms with Crippen LogP contribution >= 0.6 is 27.7 Å². The van der Waals surface area contributed by atoms with Crippen LogP contribution in [0.5, 0.6) is 0 Å². The number of halogens is 1. The van der Waals surface area contributed by atoms with Crippen molar-refractivity contribution < 1.29 is 4.79 Å². The Morgan fingerprint density at radius 1 is 1.65 bits per heavy atom. The Kier molecular flexibility index (Phi) is 4.31. The molecule has 1 aromatic heterocycles. The van der Waals surface area contributed by atoms with E-state index in [1.165, 1.54) is 6.42 Å². The van der Waals surface area contributed by atoms with Gasteiger partial charge in [-0.05, 0) is 48.4 Å². The van der Waals surface area contributed by atoms with Gasteiger partial charge in [-0.1, -0.05) is 0 Å². The van der Waals surface area contributed by atoms with Crippen molar-refractivity contribution in [3.63, 3.8) is 0 Å². The van der Waals surface area contributed by atoms with Gasteiger partial charge in [0, 0.05) is 6.54 Å². The molecule has 3 nitrogen and oxygen atoms in total. The molecule has 2 rings (SSSR count). The fourth-order valence-electron chi connectivity index (χ4n) is 2.15. The molecule has 1 aliphatic rings. The molecule has 17 heavy (non-hydrogen) atoms. The number of carbonyl (C=O) groups is 1. The van der Waals surface area contributed by atoms with Crippen molar-refractivity contribution >= 4 is 33.5 Å². The van der Waals surface area contributed by atoms with E-state index in [2.05, 4.69) is 28.0 Å². The second kappa shape index (κ2) is 5.57. The molecule has 0 saturated carbocycles. The summed E-state index contributed by atoms with van der Waals surface area (Å²) in [5, 5.41) is 4.63. The molecule has 1 fully saturated rings. The van der Waals surface area contributed by atoms with Gasteiger partial charge in [0.15, 0.2) is 5.78 Å². The Balaban J connectivity index is 2.14. The summed E-state index contributed by atoms with van der Waals surface area (Å²) < 4.78 is 2.92. The number of hydrogen-bond acceptors (Lipinski definition) is 3. The average Bonchev–Trinajstić information content (AvgIpc) is 2.92. The van der Waals surface area contributed by atoms with Crippen LogP contribution in [0.3, 0.4) is 0 Å². The van der Waals surface area contributed by atoms with Crippen LogP contribution in [0.4, 0.5) is 0 Å². The minimum atomic E-state index is 0.211. The van der Waals surface area contributed by atoms with E-state index < -0.39 is 0 Å². The number of aromatic nitrogens is 2. The van der Waals surface area contributed by atoms with Crippen LogP contribution in [0, 0.1) is 6.92 Å². The van der Waals surface area contributed by atoms with E-state index in [4.69, 9.17) is 0 Å². The lowest BCUT2D eigenvalue weighted by Crippen LogP contribution is -2.18. The highest BCUT2D eigenvalue weighted by Gasteiger charge is 2.25. The Bertz CT molecular complexity index is 424. The van der Waals surface area contributed by atoms with Crippen LogP contribution in [-0.4, -0.2) is 26.6 Å². The molecule has 0 bridgehead atoms. The van der Waals surface area contributed by atoms with Gasteiger partial charge < -0.3 is 0 Å². The van der Waals surface area contributed by atoms with Crippen LogP contribution in [0.15, 0.2) is 4.47 Å². The summed E-state index contributed by atoms with van der Waals surface area (Å²) in [5.74, 6) is 1.48. The minimum absolute atomic E-state index is 0.211. The third kappa shape index (κ3) is 2.76.